The van der Waals surface area contributed by atoms with Gasteiger partial charge in [0, 0.05) is 49.6 Å². The third kappa shape index (κ3) is 4.50. The van der Waals surface area contributed by atoms with E-state index in [0.29, 0.717) is 25.2 Å². The number of aromatic nitrogens is 3. The highest BCUT2D eigenvalue weighted by atomic mass is 16.5. The van der Waals surface area contributed by atoms with Crippen LogP contribution in [-0.2, 0) is 22.6 Å². The van der Waals surface area contributed by atoms with E-state index in [1.54, 1.807) is 11.1 Å². The van der Waals surface area contributed by atoms with E-state index in [1.807, 2.05) is 65.6 Å². The summed E-state index contributed by atoms with van der Waals surface area (Å²) in [5.74, 6) is -0.532. The van der Waals surface area contributed by atoms with E-state index >= 15 is 0 Å². The lowest BCUT2D eigenvalue weighted by molar-refractivity contribution is -0.122. The molecule has 0 bridgehead atoms. The zero-order valence-electron chi connectivity index (χ0n) is 21.9. The fourth-order valence-electron chi connectivity index (χ4n) is 5.82. The molecule has 40 heavy (non-hydrogen) atoms. The topological polar surface area (TPSA) is 114 Å². The molecule has 1 fully saturated rings. The van der Waals surface area contributed by atoms with Gasteiger partial charge in [-0.2, -0.15) is 10.2 Å². The monoisotopic (exact) mass is 535 g/mol. The van der Waals surface area contributed by atoms with Crippen LogP contribution in [0.2, 0.25) is 0 Å². The Morgan fingerprint density at radius 3 is 2.73 bits per heavy atom. The minimum atomic E-state index is -0.396. The zero-order chi connectivity index (χ0) is 27.1. The van der Waals surface area contributed by atoms with Crippen LogP contribution in [0.4, 0.5) is 10.5 Å². The smallest absolute Gasteiger partial charge is 0.322 e. The van der Waals surface area contributed by atoms with Crippen LogP contribution in [0.5, 0.6) is 0 Å². The van der Waals surface area contributed by atoms with Crippen LogP contribution in [0.25, 0.3) is 10.9 Å². The minimum Gasteiger partial charge on any atom is -0.356 e. The first-order valence-electron chi connectivity index (χ1n) is 13.7. The van der Waals surface area contributed by atoms with E-state index in [-0.39, 0.29) is 18.2 Å². The van der Waals surface area contributed by atoms with Gasteiger partial charge < -0.3 is 15.0 Å². The summed E-state index contributed by atoms with van der Waals surface area (Å²) >= 11 is 0. The van der Waals surface area contributed by atoms with Gasteiger partial charge in [0.1, 0.15) is 0 Å². The van der Waals surface area contributed by atoms with E-state index in [1.165, 1.54) is 0 Å². The number of ether oxygens (including phenoxy) is 1. The number of pyridine rings is 1. The summed E-state index contributed by atoms with van der Waals surface area (Å²) in [7, 11) is 0. The lowest BCUT2D eigenvalue weighted by Crippen LogP contribution is -2.33. The first kappa shape index (κ1) is 24.5. The maximum Gasteiger partial charge on any atom is 0.322 e. The van der Waals surface area contributed by atoms with Gasteiger partial charge in [0.2, 0.25) is 5.91 Å². The first-order valence-corrected chi connectivity index (χ1v) is 13.7. The van der Waals surface area contributed by atoms with Crippen molar-refractivity contribution in [1.29, 1.82) is 0 Å². The number of benzene rings is 2. The quantitative estimate of drug-likeness (QED) is 0.394. The SMILES string of the molecule is O=C1NN=C(c2ccc(NC(=O)N3Cc4ccncc4C3)cc2)CC1c1cccc2c1cnn2C1CCCCO1. The van der Waals surface area contributed by atoms with Gasteiger partial charge in [-0.3, -0.25) is 9.78 Å². The van der Waals surface area contributed by atoms with Crippen molar-refractivity contribution < 1.29 is 14.3 Å². The maximum atomic E-state index is 13.0. The molecule has 0 saturated carbocycles. The van der Waals surface area contributed by atoms with E-state index in [0.717, 1.165) is 64.7 Å². The lowest BCUT2D eigenvalue weighted by atomic mass is 9.87. The van der Waals surface area contributed by atoms with Gasteiger partial charge >= 0.3 is 6.03 Å². The van der Waals surface area contributed by atoms with Crippen LogP contribution in [0.3, 0.4) is 0 Å². The Balaban J connectivity index is 1.06. The number of hydrogen-bond donors (Lipinski definition) is 2. The molecule has 3 aliphatic heterocycles. The molecule has 2 atom stereocenters. The normalized spacial score (nSPS) is 20.6. The van der Waals surface area contributed by atoms with Gasteiger partial charge in [-0.15, -0.1) is 0 Å². The summed E-state index contributed by atoms with van der Waals surface area (Å²) in [6, 6.07) is 15.4. The molecule has 3 aliphatic rings. The second-order valence-corrected chi connectivity index (χ2v) is 10.5. The highest BCUT2D eigenvalue weighted by Gasteiger charge is 2.30. The van der Waals surface area contributed by atoms with Crippen molar-refractivity contribution in [2.24, 2.45) is 5.10 Å². The van der Waals surface area contributed by atoms with Crippen molar-refractivity contribution in [3.05, 3.63) is 89.4 Å². The predicted molar refractivity (Wildman–Crippen MR) is 150 cm³/mol. The molecule has 2 aromatic heterocycles. The number of rotatable bonds is 4. The molecule has 202 valence electrons. The summed E-state index contributed by atoms with van der Waals surface area (Å²) in [5.41, 5.74) is 9.19. The largest absolute Gasteiger partial charge is 0.356 e. The molecule has 2 aromatic carbocycles. The molecule has 2 unspecified atom stereocenters. The highest BCUT2D eigenvalue weighted by Crippen LogP contribution is 2.34. The number of urea groups is 1. The zero-order valence-corrected chi connectivity index (χ0v) is 21.9. The van der Waals surface area contributed by atoms with E-state index in [2.05, 4.69) is 25.9 Å². The number of anilines is 1. The minimum absolute atomic E-state index is 0.0735. The van der Waals surface area contributed by atoms with Crippen LogP contribution >= 0.6 is 0 Å². The summed E-state index contributed by atoms with van der Waals surface area (Å²) in [6.07, 6.45) is 8.91. The van der Waals surface area contributed by atoms with Gasteiger partial charge in [0.15, 0.2) is 6.23 Å². The Kier molecular flexibility index (Phi) is 6.24. The molecule has 0 radical (unpaired) electrons. The van der Waals surface area contributed by atoms with Crippen molar-refractivity contribution in [2.45, 2.75) is 50.9 Å². The van der Waals surface area contributed by atoms with Crippen molar-refractivity contribution in [1.82, 2.24) is 25.1 Å². The predicted octanol–water partition coefficient (Wildman–Crippen LogP) is 4.69. The second-order valence-electron chi connectivity index (χ2n) is 10.5. The summed E-state index contributed by atoms with van der Waals surface area (Å²) in [4.78, 5) is 31.7. The Labute approximate surface area is 231 Å². The number of carbonyl (C=O) groups is 2. The van der Waals surface area contributed by atoms with Crippen molar-refractivity contribution >= 4 is 34.2 Å². The molecule has 0 aliphatic carbocycles. The Hall–Kier alpha value is -4.57. The van der Waals surface area contributed by atoms with E-state index in [9.17, 15) is 9.59 Å². The molecule has 1 saturated heterocycles. The number of carbonyl (C=O) groups excluding carboxylic acids is 2. The van der Waals surface area contributed by atoms with Gasteiger partial charge in [-0.05, 0) is 65.8 Å². The Morgan fingerprint density at radius 2 is 1.90 bits per heavy atom. The van der Waals surface area contributed by atoms with E-state index < -0.39 is 5.92 Å². The number of nitrogens with zero attached hydrogens (tertiary/aromatic N) is 5. The Bertz CT molecular complexity index is 1600. The number of fused-ring (bicyclic) bond motifs is 2. The third-order valence-electron chi connectivity index (χ3n) is 7.98. The number of hydrogen-bond acceptors (Lipinski definition) is 6. The number of nitrogens with one attached hydrogen (secondary N) is 2. The standard InChI is InChI=1S/C30H29N7O3/c38-29-24(23-4-3-5-27-25(23)16-32-37(27)28-6-1-2-13-40-28)14-26(34-35-29)19-7-9-22(10-8-19)33-30(39)36-17-20-11-12-31-15-21(20)18-36/h3-5,7-12,15-16,24,28H,1-2,6,13-14,17-18H2,(H,33,39)(H,35,38). The molecule has 10 heteroatoms. The van der Waals surface area contributed by atoms with Crippen molar-refractivity contribution in [3.8, 4) is 0 Å². The fraction of sp³-hybridized carbons (Fsp3) is 0.300. The van der Waals surface area contributed by atoms with Crippen molar-refractivity contribution in [3.63, 3.8) is 0 Å². The van der Waals surface area contributed by atoms with Crippen LogP contribution in [0.1, 0.15) is 60.1 Å². The molecule has 0 spiro atoms. The van der Waals surface area contributed by atoms with Gasteiger partial charge in [0.25, 0.3) is 0 Å². The molecule has 10 nitrogen and oxygen atoms in total. The average Bonchev–Trinajstić information content (AvgIpc) is 3.63. The molecular weight excluding hydrogens is 506 g/mol. The maximum absolute atomic E-state index is 13.0. The molecule has 2 N–H and O–H groups in total. The van der Waals surface area contributed by atoms with E-state index in [4.69, 9.17) is 4.74 Å². The van der Waals surface area contributed by atoms with Crippen LogP contribution in [-0.4, -0.2) is 43.9 Å². The molecule has 7 rings (SSSR count). The van der Waals surface area contributed by atoms with Gasteiger partial charge in [-0.25, -0.2) is 14.9 Å². The summed E-state index contributed by atoms with van der Waals surface area (Å²) in [5, 5.41) is 12.9. The fourth-order valence-corrected chi connectivity index (χ4v) is 5.82. The van der Waals surface area contributed by atoms with Crippen LogP contribution < -0.4 is 10.7 Å². The highest BCUT2D eigenvalue weighted by molar-refractivity contribution is 6.07. The summed E-state index contributed by atoms with van der Waals surface area (Å²) < 4.78 is 7.90. The summed E-state index contributed by atoms with van der Waals surface area (Å²) in [6.45, 7) is 1.85. The second kappa shape index (κ2) is 10.2. The third-order valence-corrected chi connectivity index (χ3v) is 7.98. The molecule has 5 heterocycles. The molecular formula is C30H29N7O3. The van der Waals surface area contributed by atoms with Gasteiger partial charge in [-0.1, -0.05) is 24.3 Å². The number of amides is 3. The Morgan fingerprint density at radius 1 is 1.02 bits per heavy atom. The lowest BCUT2D eigenvalue weighted by Gasteiger charge is -2.24. The van der Waals surface area contributed by atoms with Crippen LogP contribution in [0.15, 0.2) is 72.2 Å². The molecule has 3 amide bonds. The first-order chi connectivity index (χ1) is 19.6. The molecule has 4 aromatic rings. The van der Waals surface area contributed by atoms with Crippen LogP contribution in [0, 0.1) is 0 Å². The van der Waals surface area contributed by atoms with Crippen molar-refractivity contribution in [2.75, 3.05) is 11.9 Å². The van der Waals surface area contributed by atoms with Gasteiger partial charge in [0.05, 0.1) is 23.3 Å². The number of hydrazone groups is 1. The average molecular weight is 536 g/mol.